The van der Waals surface area contributed by atoms with Gasteiger partial charge in [0.2, 0.25) is 0 Å². The molecule has 0 saturated carbocycles. The standard InChI is InChI=1S/C23H37N3O7/c1-19-5-7-20(8-6-19)4-3-9-25(17-22(29)30)10-11-26(18-23(31)32)13-15-33-14-12-24(2)16-21(27)28/h5-8H,3-4,9-18H2,1-2H3,(H,27,28)(H,29,30)(H,31,32). The van der Waals surface area contributed by atoms with E-state index in [-0.39, 0.29) is 19.6 Å². The number of carboxylic acids is 3. The van der Waals surface area contributed by atoms with Crippen molar-refractivity contribution in [2.75, 3.05) is 72.6 Å². The maximum atomic E-state index is 11.3. The topological polar surface area (TPSA) is 131 Å². The second-order valence-electron chi connectivity index (χ2n) is 8.17. The van der Waals surface area contributed by atoms with Gasteiger partial charge >= 0.3 is 17.9 Å². The van der Waals surface area contributed by atoms with Crippen LogP contribution in [-0.4, -0.2) is 121 Å². The lowest BCUT2D eigenvalue weighted by Crippen LogP contribution is -2.41. The summed E-state index contributed by atoms with van der Waals surface area (Å²) < 4.78 is 5.51. The van der Waals surface area contributed by atoms with Crippen LogP contribution < -0.4 is 0 Å². The van der Waals surface area contributed by atoms with Crippen LogP contribution in [0.15, 0.2) is 24.3 Å². The summed E-state index contributed by atoms with van der Waals surface area (Å²) in [6.07, 6.45) is 1.65. The molecule has 0 bridgehead atoms. The van der Waals surface area contributed by atoms with E-state index in [1.54, 1.807) is 16.8 Å². The minimum absolute atomic E-state index is 0.0716. The van der Waals surface area contributed by atoms with Crippen LogP contribution in [0.25, 0.3) is 0 Å². The van der Waals surface area contributed by atoms with E-state index in [0.29, 0.717) is 45.9 Å². The molecular weight excluding hydrogens is 430 g/mol. The van der Waals surface area contributed by atoms with Crippen molar-refractivity contribution >= 4 is 17.9 Å². The summed E-state index contributed by atoms with van der Waals surface area (Å²) in [5.41, 5.74) is 2.40. The molecule has 186 valence electrons. The third kappa shape index (κ3) is 15.0. The number of nitrogens with zero attached hydrogens (tertiary/aromatic N) is 3. The molecule has 0 aliphatic heterocycles. The van der Waals surface area contributed by atoms with E-state index in [1.165, 1.54) is 11.1 Å². The van der Waals surface area contributed by atoms with Crippen LogP contribution >= 0.6 is 0 Å². The fourth-order valence-corrected chi connectivity index (χ4v) is 3.29. The minimum atomic E-state index is -0.958. The minimum Gasteiger partial charge on any atom is -0.480 e. The van der Waals surface area contributed by atoms with Gasteiger partial charge in [0.05, 0.1) is 32.8 Å². The first-order chi connectivity index (χ1) is 15.7. The van der Waals surface area contributed by atoms with Gasteiger partial charge in [0.1, 0.15) is 0 Å². The first-order valence-corrected chi connectivity index (χ1v) is 11.1. The Morgan fingerprint density at radius 2 is 1.27 bits per heavy atom. The van der Waals surface area contributed by atoms with Crippen molar-refractivity contribution in [1.82, 2.24) is 14.7 Å². The average Bonchev–Trinajstić information content (AvgIpc) is 2.71. The second-order valence-corrected chi connectivity index (χ2v) is 8.17. The number of aryl methyl sites for hydroxylation is 2. The zero-order valence-corrected chi connectivity index (χ0v) is 19.6. The maximum Gasteiger partial charge on any atom is 0.317 e. The molecule has 0 spiro atoms. The predicted octanol–water partition coefficient (Wildman–Crippen LogP) is 0.734. The molecule has 3 N–H and O–H groups in total. The van der Waals surface area contributed by atoms with Crippen LogP contribution in [0.1, 0.15) is 17.5 Å². The van der Waals surface area contributed by atoms with E-state index in [4.69, 9.17) is 9.84 Å². The summed E-state index contributed by atoms with van der Waals surface area (Å²) in [5.74, 6) is -2.78. The number of hydrogen-bond donors (Lipinski definition) is 3. The van der Waals surface area contributed by atoms with Crippen LogP contribution in [0.2, 0.25) is 0 Å². The van der Waals surface area contributed by atoms with E-state index in [9.17, 15) is 24.6 Å². The van der Waals surface area contributed by atoms with Crippen LogP contribution in [0.3, 0.4) is 0 Å². The van der Waals surface area contributed by atoms with Gasteiger partial charge in [0, 0.05) is 26.2 Å². The highest BCUT2D eigenvalue weighted by atomic mass is 16.5. The predicted molar refractivity (Wildman–Crippen MR) is 124 cm³/mol. The molecular formula is C23H37N3O7. The molecule has 10 nitrogen and oxygen atoms in total. The number of ether oxygens (including phenoxy) is 1. The Morgan fingerprint density at radius 3 is 1.82 bits per heavy atom. The second kappa shape index (κ2) is 16.1. The van der Waals surface area contributed by atoms with Gasteiger partial charge in [-0.25, -0.2) is 0 Å². The van der Waals surface area contributed by atoms with Gasteiger partial charge in [0.25, 0.3) is 0 Å². The summed E-state index contributed by atoms with van der Waals surface area (Å²) >= 11 is 0. The summed E-state index contributed by atoms with van der Waals surface area (Å²) in [6.45, 7) is 4.65. The Morgan fingerprint density at radius 1 is 0.758 bits per heavy atom. The number of aliphatic carboxylic acids is 3. The molecule has 0 atom stereocenters. The molecule has 33 heavy (non-hydrogen) atoms. The molecule has 0 unspecified atom stereocenters. The summed E-state index contributed by atoms with van der Waals surface area (Å²) in [6, 6.07) is 8.26. The van der Waals surface area contributed by atoms with Gasteiger partial charge in [0.15, 0.2) is 0 Å². The van der Waals surface area contributed by atoms with Gasteiger partial charge in [-0.05, 0) is 38.9 Å². The van der Waals surface area contributed by atoms with Gasteiger partial charge in [-0.2, -0.15) is 0 Å². The molecule has 0 heterocycles. The van der Waals surface area contributed by atoms with Crippen LogP contribution in [0, 0.1) is 6.92 Å². The Labute approximate surface area is 195 Å². The first kappa shape index (κ1) is 28.5. The average molecular weight is 468 g/mol. The van der Waals surface area contributed by atoms with Gasteiger partial charge in [-0.15, -0.1) is 0 Å². The summed E-state index contributed by atoms with van der Waals surface area (Å²) in [5, 5.41) is 27.2. The third-order valence-electron chi connectivity index (χ3n) is 5.08. The van der Waals surface area contributed by atoms with Gasteiger partial charge in [-0.3, -0.25) is 29.1 Å². The van der Waals surface area contributed by atoms with Gasteiger partial charge in [-0.1, -0.05) is 29.8 Å². The Balaban J connectivity index is 2.44. The molecule has 0 aromatic heterocycles. The molecule has 1 aromatic rings. The lowest BCUT2D eigenvalue weighted by atomic mass is 10.1. The fraction of sp³-hybridized carbons (Fsp3) is 0.609. The van der Waals surface area contributed by atoms with Gasteiger partial charge < -0.3 is 20.1 Å². The van der Waals surface area contributed by atoms with E-state index in [1.807, 2.05) is 11.8 Å². The highest BCUT2D eigenvalue weighted by Gasteiger charge is 2.14. The first-order valence-electron chi connectivity index (χ1n) is 11.1. The van der Waals surface area contributed by atoms with Crippen molar-refractivity contribution < 1.29 is 34.4 Å². The number of likely N-dealkylation sites (N-methyl/N-ethyl adjacent to an activating group) is 1. The molecule has 0 aliphatic rings. The smallest absolute Gasteiger partial charge is 0.317 e. The van der Waals surface area contributed by atoms with E-state index in [0.717, 1.165) is 12.8 Å². The number of benzene rings is 1. The lowest BCUT2D eigenvalue weighted by Gasteiger charge is -2.26. The zero-order chi connectivity index (χ0) is 24.6. The highest BCUT2D eigenvalue weighted by Crippen LogP contribution is 2.07. The third-order valence-corrected chi connectivity index (χ3v) is 5.08. The molecule has 0 fully saturated rings. The number of hydrogen-bond acceptors (Lipinski definition) is 7. The van der Waals surface area contributed by atoms with Crippen molar-refractivity contribution in [1.29, 1.82) is 0 Å². The Kier molecular flexibility index (Phi) is 13.9. The van der Waals surface area contributed by atoms with Crippen molar-refractivity contribution in [2.45, 2.75) is 19.8 Å². The Hall–Kier alpha value is -2.53. The molecule has 0 amide bonds. The van der Waals surface area contributed by atoms with E-state index < -0.39 is 17.9 Å². The largest absolute Gasteiger partial charge is 0.480 e. The number of rotatable bonds is 19. The molecule has 1 aromatic carbocycles. The monoisotopic (exact) mass is 467 g/mol. The Bertz CT molecular complexity index is 727. The number of carbonyl (C=O) groups is 3. The van der Waals surface area contributed by atoms with Crippen molar-refractivity contribution in [2.24, 2.45) is 0 Å². The van der Waals surface area contributed by atoms with Crippen LogP contribution in [0.4, 0.5) is 0 Å². The van der Waals surface area contributed by atoms with E-state index >= 15 is 0 Å². The molecule has 10 heteroatoms. The van der Waals surface area contributed by atoms with E-state index in [2.05, 4.69) is 24.3 Å². The normalized spacial score (nSPS) is 11.4. The molecule has 0 aliphatic carbocycles. The molecule has 1 rings (SSSR count). The fourth-order valence-electron chi connectivity index (χ4n) is 3.29. The highest BCUT2D eigenvalue weighted by molar-refractivity contribution is 5.69. The lowest BCUT2D eigenvalue weighted by molar-refractivity contribution is -0.140. The molecule has 0 saturated heterocycles. The van der Waals surface area contributed by atoms with Crippen molar-refractivity contribution in [3.05, 3.63) is 35.4 Å². The van der Waals surface area contributed by atoms with Crippen molar-refractivity contribution in [3.63, 3.8) is 0 Å². The van der Waals surface area contributed by atoms with Crippen LogP contribution in [-0.2, 0) is 25.5 Å². The quantitative estimate of drug-likeness (QED) is 0.250. The molecule has 0 radical (unpaired) electrons. The zero-order valence-electron chi connectivity index (χ0n) is 19.6. The number of carboxylic acid groups (broad SMARTS) is 3. The summed E-state index contributed by atoms with van der Waals surface area (Å²) in [4.78, 5) is 38.3. The SMILES string of the molecule is Cc1ccc(CCCN(CCN(CCOCCN(C)CC(=O)O)CC(=O)O)CC(=O)O)cc1. The van der Waals surface area contributed by atoms with Crippen LogP contribution in [0.5, 0.6) is 0 Å². The maximum absolute atomic E-state index is 11.3. The van der Waals surface area contributed by atoms with Crippen molar-refractivity contribution in [3.8, 4) is 0 Å². The summed E-state index contributed by atoms with van der Waals surface area (Å²) in [7, 11) is 1.68.